The van der Waals surface area contributed by atoms with Gasteiger partial charge >= 0.3 is 6.18 Å². The van der Waals surface area contributed by atoms with E-state index in [-0.39, 0.29) is 11.5 Å². The summed E-state index contributed by atoms with van der Waals surface area (Å²) >= 11 is 0. The number of hydrogen-bond donors (Lipinski definition) is 0. The van der Waals surface area contributed by atoms with E-state index in [1.54, 1.807) is 4.90 Å². The topological polar surface area (TPSA) is 63.7 Å². The summed E-state index contributed by atoms with van der Waals surface area (Å²) in [6, 6.07) is 4.84. The van der Waals surface area contributed by atoms with Gasteiger partial charge < -0.3 is 4.90 Å². The van der Waals surface area contributed by atoms with Gasteiger partial charge in [-0.1, -0.05) is 6.07 Å². The zero-order valence-corrected chi connectivity index (χ0v) is 12.3. The predicted octanol–water partition coefficient (Wildman–Crippen LogP) is 2.19. The molecule has 0 saturated carbocycles. The maximum Gasteiger partial charge on any atom is 0.413 e. The monoisotopic (exact) mass is 337 g/mol. The molecule has 0 aromatic heterocycles. The van der Waals surface area contributed by atoms with Crippen LogP contribution in [0.4, 0.5) is 13.2 Å². The van der Waals surface area contributed by atoms with Gasteiger partial charge in [0.25, 0.3) is 16.0 Å². The zero-order chi connectivity index (χ0) is 16.4. The van der Waals surface area contributed by atoms with Crippen molar-refractivity contribution in [3.8, 4) is 0 Å². The lowest BCUT2D eigenvalue weighted by Crippen LogP contribution is -2.27. The molecule has 0 radical (unpaired) electrons. The molecule has 0 aliphatic carbocycles. The molecule has 0 unspecified atom stereocenters. The van der Waals surface area contributed by atoms with Crippen molar-refractivity contribution in [3.63, 3.8) is 0 Å². The summed E-state index contributed by atoms with van der Waals surface area (Å²) in [6.45, 7) is -0.736. The van der Waals surface area contributed by atoms with Crippen molar-refractivity contribution in [2.75, 3.05) is 19.7 Å². The minimum atomic E-state index is -4.75. The predicted molar refractivity (Wildman–Crippen MR) is 70.8 cm³/mol. The molecule has 1 amide bonds. The molecule has 1 aliphatic heterocycles. The third-order valence-electron chi connectivity index (χ3n) is 3.14. The molecule has 0 spiro atoms. The van der Waals surface area contributed by atoms with Crippen LogP contribution in [0.15, 0.2) is 29.2 Å². The fraction of sp³-hybridized carbons (Fsp3) is 0.462. The second-order valence-corrected chi connectivity index (χ2v) is 6.47. The highest BCUT2D eigenvalue weighted by molar-refractivity contribution is 7.86. The molecule has 22 heavy (non-hydrogen) atoms. The Labute approximate surface area is 125 Å². The van der Waals surface area contributed by atoms with E-state index in [0.29, 0.717) is 13.1 Å². The minimum absolute atomic E-state index is 0.110. The van der Waals surface area contributed by atoms with E-state index in [2.05, 4.69) is 4.18 Å². The van der Waals surface area contributed by atoms with Crippen molar-refractivity contribution in [3.05, 3.63) is 29.8 Å². The number of hydrogen-bond acceptors (Lipinski definition) is 4. The highest BCUT2D eigenvalue weighted by atomic mass is 32.2. The van der Waals surface area contributed by atoms with Crippen LogP contribution in [0, 0.1) is 0 Å². The molecule has 0 atom stereocenters. The van der Waals surface area contributed by atoms with E-state index >= 15 is 0 Å². The Balaban J connectivity index is 2.18. The van der Waals surface area contributed by atoms with E-state index in [4.69, 9.17) is 0 Å². The van der Waals surface area contributed by atoms with Crippen LogP contribution in [-0.4, -0.2) is 45.1 Å². The largest absolute Gasteiger partial charge is 0.413 e. The van der Waals surface area contributed by atoms with Gasteiger partial charge in [0.15, 0.2) is 6.61 Å². The number of benzene rings is 1. The van der Waals surface area contributed by atoms with Gasteiger partial charge in [0.2, 0.25) is 0 Å². The van der Waals surface area contributed by atoms with Crippen molar-refractivity contribution in [2.24, 2.45) is 0 Å². The standard InChI is InChI=1S/C13H14F3NO4S/c14-13(15,16)9-21-22(19,20)11-5-3-4-10(8-11)12(18)17-6-1-2-7-17/h3-5,8H,1-2,6-7,9H2. The summed E-state index contributed by atoms with van der Waals surface area (Å²) in [6.07, 6.45) is -3.01. The molecule has 1 saturated heterocycles. The molecule has 9 heteroatoms. The summed E-state index contributed by atoms with van der Waals surface area (Å²) in [5, 5.41) is 0. The number of amides is 1. The zero-order valence-electron chi connectivity index (χ0n) is 11.5. The Bertz CT molecular complexity index is 651. The van der Waals surface area contributed by atoms with Crippen LogP contribution in [0.1, 0.15) is 23.2 Å². The van der Waals surface area contributed by atoms with Crippen molar-refractivity contribution >= 4 is 16.0 Å². The Morgan fingerprint density at radius 1 is 1.23 bits per heavy atom. The molecule has 1 heterocycles. The fourth-order valence-electron chi connectivity index (χ4n) is 2.10. The number of likely N-dealkylation sites (tertiary alicyclic amines) is 1. The number of nitrogens with zero attached hydrogens (tertiary/aromatic N) is 1. The molecule has 0 N–H and O–H groups in total. The van der Waals surface area contributed by atoms with Crippen LogP contribution in [0.5, 0.6) is 0 Å². The Kier molecular flexibility index (Phi) is 4.76. The number of carbonyl (C=O) groups is 1. The molecule has 122 valence electrons. The third-order valence-corrected chi connectivity index (χ3v) is 4.40. The molecule has 2 rings (SSSR count). The van der Waals surface area contributed by atoms with E-state index in [1.807, 2.05) is 0 Å². The normalized spacial score (nSPS) is 16.0. The number of alkyl halides is 3. The average Bonchev–Trinajstić information content (AvgIpc) is 2.98. The first kappa shape index (κ1) is 16.8. The van der Waals surface area contributed by atoms with Crippen LogP contribution in [-0.2, 0) is 14.3 Å². The summed E-state index contributed by atoms with van der Waals surface area (Å²) in [4.78, 5) is 13.3. The van der Waals surface area contributed by atoms with Crippen molar-refractivity contribution in [1.82, 2.24) is 4.90 Å². The maximum atomic E-state index is 12.2. The minimum Gasteiger partial charge on any atom is -0.339 e. The quantitative estimate of drug-likeness (QED) is 0.790. The Morgan fingerprint density at radius 2 is 1.86 bits per heavy atom. The SMILES string of the molecule is O=C(c1cccc(S(=O)(=O)OCC(F)(F)F)c1)N1CCCC1. The maximum absolute atomic E-state index is 12.2. The number of halogens is 3. The van der Waals surface area contributed by atoms with Crippen LogP contribution < -0.4 is 0 Å². The van der Waals surface area contributed by atoms with Crippen molar-refractivity contribution in [2.45, 2.75) is 23.9 Å². The van der Waals surface area contributed by atoms with Gasteiger partial charge in [-0.3, -0.25) is 8.98 Å². The van der Waals surface area contributed by atoms with Gasteiger partial charge in [-0.05, 0) is 31.0 Å². The van der Waals surface area contributed by atoms with Gasteiger partial charge in [-0.15, -0.1) is 0 Å². The smallest absolute Gasteiger partial charge is 0.339 e. The van der Waals surface area contributed by atoms with Crippen LogP contribution in [0.2, 0.25) is 0 Å². The molecular formula is C13H14F3NO4S. The molecule has 1 aliphatic rings. The third kappa shape index (κ3) is 4.20. The van der Waals surface area contributed by atoms with Crippen LogP contribution >= 0.6 is 0 Å². The van der Waals surface area contributed by atoms with Gasteiger partial charge in [0, 0.05) is 18.7 Å². The first-order chi connectivity index (χ1) is 10.2. The lowest BCUT2D eigenvalue weighted by Gasteiger charge is -2.15. The second-order valence-electron chi connectivity index (χ2n) is 4.86. The van der Waals surface area contributed by atoms with Crippen molar-refractivity contribution in [1.29, 1.82) is 0 Å². The highest BCUT2D eigenvalue weighted by Gasteiger charge is 2.32. The number of rotatable bonds is 4. The molecular weight excluding hydrogens is 323 g/mol. The Hall–Kier alpha value is -1.61. The highest BCUT2D eigenvalue weighted by Crippen LogP contribution is 2.21. The molecule has 0 bridgehead atoms. The molecule has 1 aromatic rings. The van der Waals surface area contributed by atoms with Crippen LogP contribution in [0.3, 0.4) is 0 Å². The van der Waals surface area contributed by atoms with E-state index < -0.39 is 27.8 Å². The van der Waals surface area contributed by atoms with Gasteiger partial charge in [0.1, 0.15) is 0 Å². The van der Waals surface area contributed by atoms with Crippen molar-refractivity contribution < 1.29 is 30.6 Å². The summed E-state index contributed by atoms with van der Waals surface area (Å²) < 4.78 is 63.6. The van der Waals surface area contributed by atoms with Gasteiger partial charge in [-0.25, -0.2) is 0 Å². The lowest BCUT2D eigenvalue weighted by atomic mass is 10.2. The molecule has 1 aromatic carbocycles. The van der Waals surface area contributed by atoms with E-state index in [9.17, 15) is 26.4 Å². The average molecular weight is 337 g/mol. The Morgan fingerprint density at radius 3 is 2.45 bits per heavy atom. The summed E-state index contributed by atoms with van der Waals surface area (Å²) in [5.41, 5.74) is 0.110. The van der Waals surface area contributed by atoms with E-state index in [0.717, 1.165) is 25.0 Å². The van der Waals surface area contributed by atoms with E-state index in [1.165, 1.54) is 12.1 Å². The fourth-order valence-corrected chi connectivity index (χ4v) is 3.04. The van der Waals surface area contributed by atoms with Crippen LogP contribution in [0.25, 0.3) is 0 Å². The van der Waals surface area contributed by atoms with Gasteiger partial charge in [0.05, 0.1) is 4.90 Å². The number of carbonyl (C=O) groups excluding carboxylic acids is 1. The molecule has 5 nitrogen and oxygen atoms in total. The second kappa shape index (κ2) is 6.25. The summed E-state index contributed by atoms with van der Waals surface area (Å²) in [5.74, 6) is -0.342. The first-order valence-corrected chi connectivity index (χ1v) is 7.95. The molecule has 1 fully saturated rings. The first-order valence-electron chi connectivity index (χ1n) is 6.54. The summed E-state index contributed by atoms with van der Waals surface area (Å²) in [7, 11) is -4.56. The lowest BCUT2D eigenvalue weighted by molar-refractivity contribution is -0.152. The van der Waals surface area contributed by atoms with Gasteiger partial charge in [-0.2, -0.15) is 21.6 Å².